The molecule has 1 N–H and O–H groups in total. The summed E-state index contributed by atoms with van der Waals surface area (Å²) in [6, 6.07) is 0. The molecule has 0 bridgehead atoms. The van der Waals surface area contributed by atoms with Crippen molar-refractivity contribution in [3.05, 3.63) is 18.3 Å². The van der Waals surface area contributed by atoms with Gasteiger partial charge in [-0.15, -0.1) is 0 Å². The van der Waals surface area contributed by atoms with Crippen molar-refractivity contribution in [1.82, 2.24) is 19.9 Å². The summed E-state index contributed by atoms with van der Waals surface area (Å²) in [6.45, 7) is 4.28. The summed E-state index contributed by atoms with van der Waals surface area (Å²) in [5.41, 5.74) is 2.20. The fourth-order valence-corrected chi connectivity index (χ4v) is 1.20. The van der Waals surface area contributed by atoms with Crippen LogP contribution in [0.3, 0.4) is 0 Å². The number of rotatable bonds is 1. The molecular formula is C11H12N4. The van der Waals surface area contributed by atoms with Gasteiger partial charge in [-0.2, -0.15) is 0 Å². The van der Waals surface area contributed by atoms with Crippen molar-refractivity contribution in [2.24, 2.45) is 5.92 Å². The summed E-state index contributed by atoms with van der Waals surface area (Å²) in [6.07, 6.45) is 3.97. The monoisotopic (exact) mass is 200 g/mol. The normalized spacial score (nSPS) is 10.3. The summed E-state index contributed by atoms with van der Waals surface area (Å²) in [7, 11) is 0. The fourth-order valence-electron chi connectivity index (χ4n) is 1.20. The minimum atomic E-state index is 0.580. The first-order valence-corrected chi connectivity index (χ1v) is 4.90. The van der Waals surface area contributed by atoms with Crippen LogP contribution < -0.4 is 0 Å². The van der Waals surface area contributed by atoms with Crippen molar-refractivity contribution in [2.75, 3.05) is 0 Å². The van der Waals surface area contributed by atoms with Gasteiger partial charge in [0.1, 0.15) is 17.5 Å². The quantitative estimate of drug-likeness (QED) is 0.713. The minimum Gasteiger partial charge on any atom is -0.341 e. The van der Waals surface area contributed by atoms with E-state index in [1.165, 1.54) is 6.33 Å². The fraction of sp³-hybridized carbons (Fsp3) is 0.364. The third-order valence-corrected chi connectivity index (χ3v) is 1.94. The number of fused-ring (bicyclic) bond motifs is 1. The van der Waals surface area contributed by atoms with Crippen LogP contribution in [-0.4, -0.2) is 19.9 Å². The van der Waals surface area contributed by atoms with Crippen LogP contribution >= 0.6 is 0 Å². The maximum atomic E-state index is 4.12. The van der Waals surface area contributed by atoms with Crippen LogP contribution in [0.5, 0.6) is 0 Å². The molecule has 2 aromatic heterocycles. The highest BCUT2D eigenvalue weighted by atomic mass is 15.0. The Balaban J connectivity index is 2.34. The maximum absolute atomic E-state index is 4.12. The third-order valence-electron chi connectivity index (χ3n) is 1.94. The van der Waals surface area contributed by atoms with Gasteiger partial charge in [0.2, 0.25) is 0 Å². The Kier molecular flexibility index (Phi) is 2.64. The molecule has 0 saturated carbocycles. The molecule has 0 aliphatic heterocycles. The number of H-pyrrole nitrogens is 1. The van der Waals surface area contributed by atoms with Crippen LogP contribution in [-0.2, 0) is 0 Å². The molecule has 4 nitrogen and oxygen atoms in total. The molecule has 0 amide bonds. The topological polar surface area (TPSA) is 54.5 Å². The van der Waals surface area contributed by atoms with Crippen LogP contribution in [0.1, 0.15) is 26.0 Å². The summed E-state index contributed by atoms with van der Waals surface area (Å²) in [5, 5.41) is 0. The number of imidazole rings is 1. The van der Waals surface area contributed by atoms with E-state index in [0.29, 0.717) is 11.6 Å². The van der Waals surface area contributed by atoms with Crippen LogP contribution in [0.2, 0.25) is 0 Å². The van der Waals surface area contributed by atoms with E-state index in [1.54, 1.807) is 6.33 Å². The van der Waals surface area contributed by atoms with E-state index < -0.39 is 0 Å². The first kappa shape index (κ1) is 9.66. The van der Waals surface area contributed by atoms with Crippen molar-refractivity contribution in [3.63, 3.8) is 0 Å². The second-order valence-electron chi connectivity index (χ2n) is 3.72. The lowest BCUT2D eigenvalue weighted by molar-refractivity contribution is 0.676. The van der Waals surface area contributed by atoms with Crippen LogP contribution in [0.25, 0.3) is 11.2 Å². The standard InChI is InChI=1S/C11H12N4/c1-8(2)4-3-5-9-10-11(14-6-12-9)15-7-13-10/h6-8H,4H2,1-2H3,(H,12,13,14,15). The Hall–Kier alpha value is -1.89. The number of aromatic amines is 1. The SMILES string of the molecule is CC(C)CC#Cc1ncnc2nc[nH]c12. The van der Waals surface area contributed by atoms with E-state index >= 15 is 0 Å². The zero-order valence-electron chi connectivity index (χ0n) is 8.78. The Morgan fingerprint density at radius 3 is 3.00 bits per heavy atom. The van der Waals surface area contributed by atoms with Crippen LogP contribution in [0.4, 0.5) is 0 Å². The number of nitrogens with one attached hydrogen (secondary N) is 1. The first-order valence-electron chi connectivity index (χ1n) is 4.90. The van der Waals surface area contributed by atoms with Gasteiger partial charge >= 0.3 is 0 Å². The van der Waals surface area contributed by atoms with Crippen molar-refractivity contribution in [3.8, 4) is 11.8 Å². The maximum Gasteiger partial charge on any atom is 0.181 e. The molecular weight excluding hydrogens is 188 g/mol. The Bertz CT molecular complexity index is 516. The number of aromatic nitrogens is 4. The number of hydrogen-bond acceptors (Lipinski definition) is 3. The molecule has 0 saturated heterocycles. The predicted molar refractivity (Wildman–Crippen MR) is 58.0 cm³/mol. The van der Waals surface area contributed by atoms with Gasteiger partial charge in [-0.05, 0) is 11.8 Å². The van der Waals surface area contributed by atoms with Gasteiger partial charge in [0.25, 0.3) is 0 Å². The van der Waals surface area contributed by atoms with Gasteiger partial charge in [-0.1, -0.05) is 19.8 Å². The molecule has 2 aromatic rings. The molecule has 2 rings (SSSR count). The lowest BCUT2D eigenvalue weighted by atomic mass is 10.1. The minimum absolute atomic E-state index is 0.580. The van der Waals surface area contributed by atoms with Gasteiger partial charge < -0.3 is 4.98 Å². The van der Waals surface area contributed by atoms with Crippen molar-refractivity contribution >= 4 is 11.2 Å². The van der Waals surface area contributed by atoms with E-state index in [-0.39, 0.29) is 0 Å². The molecule has 76 valence electrons. The zero-order chi connectivity index (χ0) is 10.7. The highest BCUT2D eigenvalue weighted by Gasteiger charge is 2.01. The number of nitrogens with zero attached hydrogens (tertiary/aromatic N) is 3. The molecule has 0 unspecified atom stereocenters. The van der Waals surface area contributed by atoms with Crippen LogP contribution in [0, 0.1) is 17.8 Å². The summed E-state index contributed by atoms with van der Waals surface area (Å²) in [5.74, 6) is 6.71. The second kappa shape index (κ2) is 4.09. The van der Waals surface area contributed by atoms with Gasteiger partial charge in [-0.3, -0.25) is 0 Å². The van der Waals surface area contributed by atoms with Crippen LogP contribution in [0.15, 0.2) is 12.7 Å². The Morgan fingerprint density at radius 2 is 2.20 bits per heavy atom. The second-order valence-corrected chi connectivity index (χ2v) is 3.72. The molecule has 0 radical (unpaired) electrons. The van der Waals surface area contributed by atoms with Crippen molar-refractivity contribution in [1.29, 1.82) is 0 Å². The summed E-state index contributed by atoms with van der Waals surface area (Å²) >= 11 is 0. The zero-order valence-corrected chi connectivity index (χ0v) is 8.78. The Morgan fingerprint density at radius 1 is 1.33 bits per heavy atom. The average molecular weight is 200 g/mol. The third kappa shape index (κ3) is 2.13. The molecule has 4 heteroatoms. The highest BCUT2D eigenvalue weighted by molar-refractivity contribution is 5.75. The molecule has 0 aliphatic carbocycles. The molecule has 0 fully saturated rings. The van der Waals surface area contributed by atoms with E-state index in [0.717, 1.165) is 17.6 Å². The average Bonchev–Trinajstić information content (AvgIpc) is 2.65. The molecule has 15 heavy (non-hydrogen) atoms. The van der Waals surface area contributed by atoms with Gasteiger partial charge in [0.15, 0.2) is 5.65 Å². The molecule has 0 aliphatic rings. The molecule has 0 spiro atoms. The summed E-state index contributed by atoms with van der Waals surface area (Å²) in [4.78, 5) is 15.2. The van der Waals surface area contributed by atoms with E-state index in [9.17, 15) is 0 Å². The first-order chi connectivity index (χ1) is 7.27. The largest absolute Gasteiger partial charge is 0.341 e. The van der Waals surface area contributed by atoms with Crippen molar-refractivity contribution in [2.45, 2.75) is 20.3 Å². The lowest BCUT2D eigenvalue weighted by Crippen LogP contribution is -1.88. The molecule has 0 aromatic carbocycles. The smallest absolute Gasteiger partial charge is 0.181 e. The van der Waals surface area contributed by atoms with Crippen molar-refractivity contribution < 1.29 is 0 Å². The highest BCUT2D eigenvalue weighted by Crippen LogP contribution is 2.07. The van der Waals surface area contributed by atoms with Gasteiger partial charge in [0.05, 0.1) is 6.33 Å². The molecule has 0 atom stereocenters. The van der Waals surface area contributed by atoms with E-state index in [4.69, 9.17) is 0 Å². The summed E-state index contributed by atoms with van der Waals surface area (Å²) < 4.78 is 0. The number of hydrogen-bond donors (Lipinski definition) is 1. The van der Waals surface area contributed by atoms with E-state index in [2.05, 4.69) is 45.6 Å². The molecule has 2 heterocycles. The predicted octanol–water partition coefficient (Wildman–Crippen LogP) is 1.75. The van der Waals surface area contributed by atoms with Gasteiger partial charge in [-0.25, -0.2) is 15.0 Å². The van der Waals surface area contributed by atoms with Gasteiger partial charge in [0, 0.05) is 6.42 Å². The van der Waals surface area contributed by atoms with E-state index in [1.807, 2.05) is 0 Å². The Labute approximate surface area is 88.2 Å². The lowest BCUT2D eigenvalue weighted by Gasteiger charge is -1.93.